The minimum absolute atomic E-state index is 0.00921. The van der Waals surface area contributed by atoms with E-state index >= 15 is 0 Å². The number of aromatic hydroxyl groups is 1. The Kier molecular flexibility index (Phi) is 3.65. The van der Waals surface area contributed by atoms with Gasteiger partial charge in [-0.3, -0.25) is 9.78 Å². The van der Waals surface area contributed by atoms with Gasteiger partial charge >= 0.3 is 0 Å². The standard InChI is InChI=1S/C15H16N6O2/c1-4-21-11-6-5-8(2)7-10(11)12(14(21)23)18-20-15-16-13(22)9(3)17-19-15/h5-7,23H,4H2,1-3H3,(H,16,19,22). The monoisotopic (exact) mass is 312 g/mol. The summed E-state index contributed by atoms with van der Waals surface area (Å²) in [7, 11) is 0. The molecule has 0 atom stereocenters. The Morgan fingerprint density at radius 2 is 2.04 bits per heavy atom. The van der Waals surface area contributed by atoms with Crippen molar-refractivity contribution in [1.29, 1.82) is 0 Å². The fourth-order valence-electron chi connectivity index (χ4n) is 2.38. The van der Waals surface area contributed by atoms with Crippen molar-refractivity contribution in [2.75, 3.05) is 0 Å². The van der Waals surface area contributed by atoms with Crippen LogP contribution in [-0.4, -0.2) is 24.9 Å². The molecule has 8 heteroatoms. The Morgan fingerprint density at radius 3 is 2.74 bits per heavy atom. The highest BCUT2D eigenvalue weighted by molar-refractivity contribution is 5.95. The lowest BCUT2D eigenvalue weighted by atomic mass is 10.1. The van der Waals surface area contributed by atoms with Crippen LogP contribution in [0.15, 0.2) is 33.2 Å². The van der Waals surface area contributed by atoms with Crippen LogP contribution in [0.5, 0.6) is 5.88 Å². The first-order valence-corrected chi connectivity index (χ1v) is 7.18. The van der Waals surface area contributed by atoms with E-state index in [2.05, 4.69) is 25.4 Å². The van der Waals surface area contributed by atoms with Gasteiger partial charge in [0.25, 0.3) is 11.5 Å². The van der Waals surface area contributed by atoms with E-state index in [1.807, 2.05) is 32.0 Å². The SMILES string of the molecule is CCn1c(O)c(N=Nc2nnc(C)c(=O)[nH]2)c2cc(C)ccc21. The summed E-state index contributed by atoms with van der Waals surface area (Å²) in [6, 6.07) is 5.83. The van der Waals surface area contributed by atoms with Crippen molar-refractivity contribution in [1.82, 2.24) is 19.7 Å². The van der Waals surface area contributed by atoms with Crippen molar-refractivity contribution >= 4 is 22.5 Å². The van der Waals surface area contributed by atoms with Gasteiger partial charge < -0.3 is 9.67 Å². The van der Waals surface area contributed by atoms with Gasteiger partial charge in [0.05, 0.1) is 5.52 Å². The van der Waals surface area contributed by atoms with Crippen molar-refractivity contribution in [3.8, 4) is 5.88 Å². The smallest absolute Gasteiger partial charge is 0.274 e. The number of fused-ring (bicyclic) bond motifs is 1. The highest BCUT2D eigenvalue weighted by Crippen LogP contribution is 2.39. The third kappa shape index (κ3) is 2.59. The van der Waals surface area contributed by atoms with E-state index in [0.717, 1.165) is 16.5 Å². The largest absolute Gasteiger partial charge is 0.493 e. The van der Waals surface area contributed by atoms with E-state index in [4.69, 9.17) is 0 Å². The van der Waals surface area contributed by atoms with E-state index in [1.165, 1.54) is 0 Å². The first-order chi connectivity index (χ1) is 11.0. The summed E-state index contributed by atoms with van der Waals surface area (Å²) in [5.41, 5.74) is 2.14. The van der Waals surface area contributed by atoms with Crippen LogP contribution in [0.2, 0.25) is 0 Å². The maximum atomic E-state index is 11.5. The van der Waals surface area contributed by atoms with E-state index in [1.54, 1.807) is 11.5 Å². The number of rotatable bonds is 3. The van der Waals surface area contributed by atoms with Crippen molar-refractivity contribution in [2.24, 2.45) is 10.2 Å². The van der Waals surface area contributed by atoms with Crippen LogP contribution >= 0.6 is 0 Å². The molecule has 0 saturated heterocycles. The molecular formula is C15H16N6O2. The molecule has 0 fully saturated rings. The van der Waals surface area contributed by atoms with Gasteiger partial charge in [0.15, 0.2) is 5.69 Å². The van der Waals surface area contributed by atoms with Crippen molar-refractivity contribution in [2.45, 2.75) is 27.3 Å². The van der Waals surface area contributed by atoms with E-state index in [9.17, 15) is 9.90 Å². The molecule has 3 rings (SSSR count). The molecule has 0 bridgehead atoms. The maximum absolute atomic E-state index is 11.5. The first kappa shape index (κ1) is 14.9. The molecule has 2 aromatic heterocycles. The average molecular weight is 312 g/mol. The molecule has 0 unspecified atom stereocenters. The van der Waals surface area contributed by atoms with Crippen LogP contribution in [0.25, 0.3) is 10.9 Å². The Balaban J connectivity index is 2.13. The zero-order valence-electron chi connectivity index (χ0n) is 13.0. The van der Waals surface area contributed by atoms with Gasteiger partial charge in [-0.1, -0.05) is 11.6 Å². The number of H-pyrrole nitrogens is 1. The summed E-state index contributed by atoms with van der Waals surface area (Å²) in [4.78, 5) is 14.0. The molecule has 2 heterocycles. The fraction of sp³-hybridized carbons (Fsp3) is 0.267. The second-order valence-corrected chi connectivity index (χ2v) is 5.20. The van der Waals surface area contributed by atoms with Gasteiger partial charge in [0.1, 0.15) is 5.69 Å². The zero-order chi connectivity index (χ0) is 16.6. The quantitative estimate of drug-likeness (QED) is 0.725. The molecule has 2 N–H and O–H groups in total. The molecular weight excluding hydrogens is 296 g/mol. The third-order valence-electron chi connectivity index (χ3n) is 3.58. The molecule has 0 spiro atoms. The number of hydrogen-bond donors (Lipinski definition) is 2. The van der Waals surface area contributed by atoms with Crippen LogP contribution in [0.4, 0.5) is 11.6 Å². The number of nitrogens with zero attached hydrogens (tertiary/aromatic N) is 5. The molecule has 8 nitrogen and oxygen atoms in total. The molecule has 0 saturated carbocycles. The highest BCUT2D eigenvalue weighted by atomic mass is 16.3. The summed E-state index contributed by atoms with van der Waals surface area (Å²) in [5, 5.41) is 26.6. The number of nitrogens with one attached hydrogen (secondary N) is 1. The summed E-state index contributed by atoms with van der Waals surface area (Å²) >= 11 is 0. The number of azo groups is 1. The Hall–Kier alpha value is -3.03. The predicted molar refractivity (Wildman–Crippen MR) is 85.6 cm³/mol. The fourth-order valence-corrected chi connectivity index (χ4v) is 2.38. The van der Waals surface area contributed by atoms with Crippen molar-refractivity contribution < 1.29 is 5.11 Å². The molecule has 0 aliphatic rings. The number of aromatic nitrogens is 4. The summed E-state index contributed by atoms with van der Waals surface area (Å²) in [6.07, 6.45) is 0. The predicted octanol–water partition coefficient (Wildman–Crippen LogP) is 2.88. The second kappa shape index (κ2) is 5.64. The molecule has 0 aliphatic heterocycles. The lowest BCUT2D eigenvalue weighted by Crippen LogP contribution is -2.12. The minimum atomic E-state index is -0.370. The van der Waals surface area contributed by atoms with Gasteiger partial charge in [-0.2, -0.15) is 0 Å². The van der Waals surface area contributed by atoms with Gasteiger partial charge in [0, 0.05) is 11.9 Å². The van der Waals surface area contributed by atoms with E-state index in [-0.39, 0.29) is 23.1 Å². The molecule has 0 amide bonds. The van der Waals surface area contributed by atoms with Gasteiger partial charge in [-0.15, -0.1) is 20.4 Å². The lowest BCUT2D eigenvalue weighted by molar-refractivity contribution is 0.427. The number of aryl methyl sites for hydroxylation is 3. The molecule has 1 aromatic carbocycles. The second-order valence-electron chi connectivity index (χ2n) is 5.20. The zero-order valence-corrected chi connectivity index (χ0v) is 13.0. The van der Waals surface area contributed by atoms with Gasteiger partial charge in [-0.25, -0.2) is 0 Å². The van der Waals surface area contributed by atoms with Crippen LogP contribution in [0, 0.1) is 13.8 Å². The average Bonchev–Trinajstić information content (AvgIpc) is 2.79. The number of aromatic amines is 1. The van der Waals surface area contributed by atoms with Gasteiger partial charge in [0.2, 0.25) is 5.88 Å². The van der Waals surface area contributed by atoms with Crippen LogP contribution in [0.3, 0.4) is 0 Å². The molecule has 118 valence electrons. The van der Waals surface area contributed by atoms with E-state index < -0.39 is 0 Å². The Morgan fingerprint density at radius 1 is 1.26 bits per heavy atom. The summed E-state index contributed by atoms with van der Waals surface area (Å²) in [5.74, 6) is 0.0179. The van der Waals surface area contributed by atoms with Crippen LogP contribution < -0.4 is 5.56 Å². The van der Waals surface area contributed by atoms with Crippen LogP contribution in [0.1, 0.15) is 18.2 Å². The minimum Gasteiger partial charge on any atom is -0.493 e. The van der Waals surface area contributed by atoms with Crippen molar-refractivity contribution in [3.63, 3.8) is 0 Å². The number of hydrogen-bond acceptors (Lipinski definition) is 6. The van der Waals surface area contributed by atoms with E-state index in [0.29, 0.717) is 12.2 Å². The first-order valence-electron chi connectivity index (χ1n) is 7.18. The van der Waals surface area contributed by atoms with Gasteiger partial charge in [-0.05, 0) is 32.9 Å². The topological polar surface area (TPSA) is 109 Å². The molecule has 0 aliphatic carbocycles. The normalized spacial score (nSPS) is 11.6. The highest BCUT2D eigenvalue weighted by Gasteiger charge is 2.15. The number of benzene rings is 1. The molecule has 23 heavy (non-hydrogen) atoms. The maximum Gasteiger partial charge on any atom is 0.274 e. The lowest BCUT2D eigenvalue weighted by Gasteiger charge is -2.01. The van der Waals surface area contributed by atoms with Crippen LogP contribution in [-0.2, 0) is 6.54 Å². The van der Waals surface area contributed by atoms with Crippen molar-refractivity contribution in [3.05, 3.63) is 39.8 Å². The summed E-state index contributed by atoms with van der Waals surface area (Å²) in [6.45, 7) is 6.05. The molecule has 0 radical (unpaired) electrons. The third-order valence-corrected chi connectivity index (χ3v) is 3.58. The summed E-state index contributed by atoms with van der Waals surface area (Å²) < 4.78 is 1.74. The Labute approximate surface area is 131 Å². The molecule has 3 aromatic rings. The Bertz CT molecular complexity index is 970.